The molecule has 0 spiro atoms. The molecule has 1 aliphatic rings. The van der Waals surface area contributed by atoms with E-state index in [0.717, 1.165) is 16.8 Å². The van der Waals surface area contributed by atoms with Gasteiger partial charge in [0.2, 0.25) is 0 Å². The van der Waals surface area contributed by atoms with E-state index < -0.39 is 12.0 Å². The van der Waals surface area contributed by atoms with Crippen molar-refractivity contribution in [1.29, 1.82) is 0 Å². The summed E-state index contributed by atoms with van der Waals surface area (Å²) in [5.41, 5.74) is 8.65. The van der Waals surface area contributed by atoms with Crippen molar-refractivity contribution in [1.82, 2.24) is 4.90 Å². The minimum absolute atomic E-state index is 0.416. The predicted octanol–water partition coefficient (Wildman–Crippen LogP) is 0.710. The van der Waals surface area contributed by atoms with Crippen molar-refractivity contribution in [2.75, 3.05) is 12.8 Å². The Balaban J connectivity index is 2.33. The maximum atomic E-state index is 11.0. The summed E-state index contributed by atoms with van der Waals surface area (Å²) in [6.07, 6.45) is 0.557. The number of fused-ring (bicyclic) bond motifs is 1. The summed E-state index contributed by atoms with van der Waals surface area (Å²) < 4.78 is 0. The number of aliphatic carboxylic acids is 1. The number of nitrogens with two attached hydrogens (primary N) is 1. The number of benzene rings is 1. The van der Waals surface area contributed by atoms with Crippen molar-refractivity contribution in [3.63, 3.8) is 0 Å². The molecular weight excluding hydrogens is 192 g/mol. The molecule has 1 unspecified atom stereocenters. The number of rotatable bonds is 1. The van der Waals surface area contributed by atoms with Crippen molar-refractivity contribution >= 4 is 11.7 Å². The van der Waals surface area contributed by atoms with Crippen molar-refractivity contribution < 1.29 is 9.90 Å². The van der Waals surface area contributed by atoms with Gasteiger partial charge in [-0.2, -0.15) is 0 Å². The zero-order valence-corrected chi connectivity index (χ0v) is 8.60. The molecule has 80 valence electrons. The second-order valence-electron chi connectivity index (χ2n) is 4.00. The van der Waals surface area contributed by atoms with Crippen LogP contribution in [0.15, 0.2) is 18.2 Å². The highest BCUT2D eigenvalue weighted by Crippen LogP contribution is 2.24. The van der Waals surface area contributed by atoms with Gasteiger partial charge in [-0.05, 0) is 36.7 Å². The number of hydrogen-bond donors (Lipinski definition) is 2. The highest BCUT2D eigenvalue weighted by molar-refractivity contribution is 5.74. The Labute approximate surface area is 88.3 Å². The minimum atomic E-state index is -0.764. The third-order valence-electron chi connectivity index (χ3n) is 2.88. The molecule has 0 saturated heterocycles. The van der Waals surface area contributed by atoms with Crippen LogP contribution in [0.5, 0.6) is 0 Å². The zero-order valence-electron chi connectivity index (χ0n) is 8.60. The summed E-state index contributed by atoms with van der Waals surface area (Å²) in [6, 6.07) is 5.25. The van der Waals surface area contributed by atoms with Gasteiger partial charge in [0.1, 0.15) is 6.04 Å². The molecule has 0 fully saturated rings. The lowest BCUT2D eigenvalue weighted by Gasteiger charge is -2.31. The fourth-order valence-corrected chi connectivity index (χ4v) is 2.01. The van der Waals surface area contributed by atoms with E-state index in [2.05, 4.69) is 0 Å². The Morgan fingerprint density at radius 3 is 2.93 bits per heavy atom. The van der Waals surface area contributed by atoms with Crippen LogP contribution in [0.4, 0.5) is 5.69 Å². The molecular formula is C11H14N2O2. The van der Waals surface area contributed by atoms with E-state index in [1.54, 1.807) is 0 Å². The van der Waals surface area contributed by atoms with Crippen LogP contribution in [0.2, 0.25) is 0 Å². The molecule has 4 nitrogen and oxygen atoms in total. The molecule has 4 heteroatoms. The third-order valence-corrected chi connectivity index (χ3v) is 2.88. The summed E-state index contributed by atoms with van der Waals surface area (Å²) in [5, 5.41) is 9.02. The predicted molar refractivity (Wildman–Crippen MR) is 57.4 cm³/mol. The highest BCUT2D eigenvalue weighted by atomic mass is 16.4. The van der Waals surface area contributed by atoms with Crippen molar-refractivity contribution in [3.05, 3.63) is 29.3 Å². The van der Waals surface area contributed by atoms with Crippen LogP contribution in [-0.2, 0) is 17.8 Å². The highest BCUT2D eigenvalue weighted by Gasteiger charge is 2.28. The lowest BCUT2D eigenvalue weighted by Crippen LogP contribution is -2.43. The summed E-state index contributed by atoms with van der Waals surface area (Å²) in [5.74, 6) is -0.764. The van der Waals surface area contributed by atoms with E-state index in [4.69, 9.17) is 10.8 Å². The van der Waals surface area contributed by atoms with Crippen molar-refractivity contribution in [2.45, 2.75) is 19.0 Å². The van der Waals surface area contributed by atoms with Gasteiger partial charge in [-0.3, -0.25) is 9.69 Å². The van der Waals surface area contributed by atoms with Gasteiger partial charge in [0.05, 0.1) is 0 Å². The average Bonchev–Trinajstić information content (AvgIpc) is 2.15. The molecule has 0 amide bonds. The normalized spacial score (nSPS) is 21.0. The molecule has 1 aromatic rings. The summed E-state index contributed by atoms with van der Waals surface area (Å²) in [7, 11) is 1.82. The molecule has 15 heavy (non-hydrogen) atoms. The quantitative estimate of drug-likeness (QED) is 0.664. The van der Waals surface area contributed by atoms with Crippen LogP contribution in [0, 0.1) is 0 Å². The third kappa shape index (κ3) is 1.80. The van der Waals surface area contributed by atoms with Gasteiger partial charge in [0.25, 0.3) is 0 Å². The monoisotopic (exact) mass is 206 g/mol. The van der Waals surface area contributed by atoms with Crippen LogP contribution in [-0.4, -0.2) is 29.1 Å². The lowest BCUT2D eigenvalue weighted by molar-refractivity contribution is -0.143. The van der Waals surface area contributed by atoms with Crippen molar-refractivity contribution in [3.8, 4) is 0 Å². The molecule has 1 atom stereocenters. The minimum Gasteiger partial charge on any atom is -0.480 e. The van der Waals surface area contributed by atoms with E-state index >= 15 is 0 Å². The number of carboxylic acid groups (broad SMARTS) is 1. The van der Waals surface area contributed by atoms with Gasteiger partial charge in [-0.25, -0.2) is 0 Å². The molecule has 0 aliphatic carbocycles. The average molecular weight is 206 g/mol. The number of likely N-dealkylation sites (N-methyl/N-ethyl adjacent to an activating group) is 1. The van der Waals surface area contributed by atoms with Gasteiger partial charge < -0.3 is 10.8 Å². The molecule has 1 aromatic carbocycles. The first-order valence-electron chi connectivity index (χ1n) is 4.88. The first-order valence-corrected chi connectivity index (χ1v) is 4.88. The molecule has 3 N–H and O–H groups in total. The summed E-state index contributed by atoms with van der Waals surface area (Å²) >= 11 is 0. The van der Waals surface area contributed by atoms with E-state index in [1.807, 2.05) is 30.1 Å². The standard InChI is InChI=1S/C11H14N2O2/c1-13-6-8-4-9(12)3-2-7(8)5-10(13)11(14)15/h2-4,10H,5-6,12H2,1H3,(H,14,15). The number of anilines is 1. The summed E-state index contributed by atoms with van der Waals surface area (Å²) in [4.78, 5) is 12.8. The number of nitrogens with zero attached hydrogens (tertiary/aromatic N) is 1. The second-order valence-corrected chi connectivity index (χ2v) is 4.00. The largest absolute Gasteiger partial charge is 0.480 e. The Hall–Kier alpha value is -1.55. The Morgan fingerprint density at radius 1 is 1.53 bits per heavy atom. The fourth-order valence-electron chi connectivity index (χ4n) is 2.01. The van der Waals surface area contributed by atoms with Crippen LogP contribution >= 0.6 is 0 Å². The van der Waals surface area contributed by atoms with Gasteiger partial charge in [0, 0.05) is 12.2 Å². The molecule has 0 radical (unpaired) electrons. The number of carbonyl (C=O) groups is 1. The number of carboxylic acids is 1. The van der Waals surface area contributed by atoms with Gasteiger partial charge in [-0.15, -0.1) is 0 Å². The molecule has 0 bridgehead atoms. The van der Waals surface area contributed by atoms with Gasteiger partial charge in [0.15, 0.2) is 0 Å². The molecule has 0 aromatic heterocycles. The van der Waals surface area contributed by atoms with Gasteiger partial charge >= 0.3 is 5.97 Å². The molecule has 1 aliphatic heterocycles. The lowest BCUT2D eigenvalue weighted by atomic mass is 9.94. The van der Waals surface area contributed by atoms with Crippen LogP contribution < -0.4 is 5.73 Å². The first kappa shape index (κ1) is 9.98. The van der Waals surface area contributed by atoms with Crippen LogP contribution in [0.3, 0.4) is 0 Å². The van der Waals surface area contributed by atoms with E-state index in [0.29, 0.717) is 13.0 Å². The van der Waals surface area contributed by atoms with Crippen LogP contribution in [0.1, 0.15) is 11.1 Å². The molecule has 1 heterocycles. The topological polar surface area (TPSA) is 66.6 Å². The first-order chi connectivity index (χ1) is 7.08. The Kier molecular flexibility index (Phi) is 2.36. The molecule has 0 saturated carbocycles. The summed E-state index contributed by atoms with van der Waals surface area (Å²) in [6.45, 7) is 0.650. The Morgan fingerprint density at radius 2 is 2.27 bits per heavy atom. The number of hydrogen-bond acceptors (Lipinski definition) is 3. The van der Waals surface area contributed by atoms with Crippen molar-refractivity contribution in [2.24, 2.45) is 0 Å². The molecule has 2 rings (SSSR count). The van der Waals surface area contributed by atoms with Gasteiger partial charge in [-0.1, -0.05) is 6.07 Å². The van der Waals surface area contributed by atoms with E-state index in [1.165, 1.54) is 0 Å². The SMILES string of the molecule is CN1Cc2cc(N)ccc2CC1C(=O)O. The smallest absolute Gasteiger partial charge is 0.321 e. The van der Waals surface area contributed by atoms with E-state index in [9.17, 15) is 4.79 Å². The fraction of sp³-hybridized carbons (Fsp3) is 0.364. The Bertz CT molecular complexity index is 404. The van der Waals surface area contributed by atoms with E-state index in [-0.39, 0.29) is 0 Å². The maximum Gasteiger partial charge on any atom is 0.321 e. The second kappa shape index (κ2) is 3.55. The van der Waals surface area contributed by atoms with Crippen LogP contribution in [0.25, 0.3) is 0 Å². The zero-order chi connectivity index (χ0) is 11.0. The maximum absolute atomic E-state index is 11.0. The number of nitrogen functional groups attached to an aromatic ring is 1.